The van der Waals surface area contributed by atoms with E-state index in [0.717, 1.165) is 0 Å². The van der Waals surface area contributed by atoms with Gasteiger partial charge in [-0.25, -0.2) is 0 Å². The van der Waals surface area contributed by atoms with Crippen molar-refractivity contribution in [1.82, 2.24) is 0 Å². The van der Waals surface area contributed by atoms with Crippen molar-refractivity contribution in [2.24, 2.45) is 0 Å². The minimum atomic E-state index is -0.907. The van der Waals surface area contributed by atoms with Crippen LogP contribution in [0.1, 0.15) is 19.4 Å². The van der Waals surface area contributed by atoms with Crippen LogP contribution >= 0.6 is 0 Å². The molecule has 1 N–H and O–H groups in total. The zero-order valence-corrected chi connectivity index (χ0v) is 9.65. The van der Waals surface area contributed by atoms with Crippen LogP contribution in [0.25, 0.3) is 0 Å². The van der Waals surface area contributed by atoms with Crippen LogP contribution in [0.4, 0.5) is 0 Å². The highest BCUT2D eigenvalue weighted by Crippen LogP contribution is 2.23. The molecule has 4 heteroatoms. The van der Waals surface area contributed by atoms with Gasteiger partial charge in [-0.15, -0.1) is 0 Å². The van der Waals surface area contributed by atoms with Crippen LogP contribution in [0.5, 0.6) is 11.5 Å². The van der Waals surface area contributed by atoms with Crippen LogP contribution in [-0.2, 0) is 0 Å². The summed E-state index contributed by atoms with van der Waals surface area (Å²) < 4.78 is 10.4. The summed E-state index contributed by atoms with van der Waals surface area (Å²) in [6, 6.07) is 6.92. The van der Waals surface area contributed by atoms with Crippen molar-refractivity contribution in [1.29, 1.82) is 5.26 Å². The Labute approximate surface area is 95.0 Å². The Bertz CT molecular complexity index is 402. The van der Waals surface area contributed by atoms with Crippen LogP contribution in [0.2, 0.25) is 0 Å². The van der Waals surface area contributed by atoms with Crippen molar-refractivity contribution < 1.29 is 14.6 Å². The summed E-state index contributed by atoms with van der Waals surface area (Å²) in [6.07, 6.45) is 0. The topological polar surface area (TPSA) is 62.5 Å². The summed E-state index contributed by atoms with van der Waals surface area (Å²) in [7, 11) is 1.52. The Hall–Kier alpha value is -1.73. The Morgan fingerprint density at radius 1 is 1.31 bits per heavy atom. The quantitative estimate of drug-likeness (QED) is 0.840. The maximum atomic E-state index is 9.51. The zero-order chi connectivity index (χ0) is 12.2. The van der Waals surface area contributed by atoms with Crippen LogP contribution in [-0.4, -0.2) is 24.4 Å². The fourth-order valence-electron chi connectivity index (χ4n) is 1.10. The largest absolute Gasteiger partial charge is 0.497 e. The van der Waals surface area contributed by atoms with Crippen molar-refractivity contribution in [2.45, 2.75) is 19.4 Å². The van der Waals surface area contributed by atoms with E-state index in [1.54, 1.807) is 32.0 Å². The molecule has 0 aliphatic rings. The van der Waals surface area contributed by atoms with E-state index in [9.17, 15) is 5.11 Å². The summed E-state index contributed by atoms with van der Waals surface area (Å²) in [5.74, 6) is 1.07. The molecule has 1 aromatic rings. The first-order valence-electron chi connectivity index (χ1n) is 4.89. The molecule has 0 unspecified atom stereocenters. The van der Waals surface area contributed by atoms with Gasteiger partial charge in [0.15, 0.2) is 0 Å². The second-order valence-corrected chi connectivity index (χ2v) is 4.11. The molecule has 0 bridgehead atoms. The smallest absolute Gasteiger partial charge is 0.124 e. The number of benzene rings is 1. The van der Waals surface area contributed by atoms with Crippen LogP contribution in [0, 0.1) is 11.3 Å². The summed E-state index contributed by atoms with van der Waals surface area (Å²) in [6.45, 7) is 3.46. The molecule has 0 heterocycles. The average Bonchev–Trinajstić information content (AvgIpc) is 2.25. The van der Waals surface area contributed by atoms with E-state index < -0.39 is 5.60 Å². The summed E-state index contributed by atoms with van der Waals surface area (Å²) in [4.78, 5) is 0. The molecule has 0 amide bonds. The predicted molar refractivity (Wildman–Crippen MR) is 59.5 cm³/mol. The van der Waals surface area contributed by atoms with Crippen LogP contribution < -0.4 is 9.47 Å². The summed E-state index contributed by atoms with van der Waals surface area (Å²) >= 11 is 0. The Morgan fingerprint density at radius 2 is 1.94 bits per heavy atom. The van der Waals surface area contributed by atoms with Crippen LogP contribution in [0.15, 0.2) is 18.2 Å². The zero-order valence-electron chi connectivity index (χ0n) is 9.65. The number of aliphatic hydroxyl groups is 1. The number of hydrogen-bond donors (Lipinski definition) is 1. The number of rotatable bonds is 4. The number of ether oxygens (including phenoxy) is 2. The van der Waals surface area contributed by atoms with E-state index in [4.69, 9.17) is 14.7 Å². The molecule has 0 aliphatic heterocycles. The van der Waals surface area contributed by atoms with Crippen molar-refractivity contribution >= 4 is 0 Å². The van der Waals surface area contributed by atoms with Crippen molar-refractivity contribution in [3.8, 4) is 17.6 Å². The van der Waals surface area contributed by atoms with E-state index in [-0.39, 0.29) is 6.61 Å². The highest BCUT2D eigenvalue weighted by Gasteiger charge is 2.13. The number of hydrogen-bond acceptors (Lipinski definition) is 4. The molecule has 0 saturated heterocycles. The maximum Gasteiger partial charge on any atom is 0.124 e. The van der Waals surface area contributed by atoms with Crippen molar-refractivity contribution in [2.75, 3.05) is 13.7 Å². The van der Waals surface area contributed by atoms with Gasteiger partial charge in [0.2, 0.25) is 0 Å². The molecule has 0 spiro atoms. The molecule has 16 heavy (non-hydrogen) atoms. The lowest BCUT2D eigenvalue weighted by Gasteiger charge is -2.18. The van der Waals surface area contributed by atoms with E-state index in [2.05, 4.69) is 0 Å². The van der Waals surface area contributed by atoms with Gasteiger partial charge in [0.25, 0.3) is 0 Å². The molecule has 0 atom stereocenters. The lowest BCUT2D eigenvalue weighted by molar-refractivity contribution is 0.0284. The van der Waals surface area contributed by atoms with Crippen molar-refractivity contribution in [3.63, 3.8) is 0 Å². The lowest BCUT2D eigenvalue weighted by atomic mass is 10.1. The fourth-order valence-corrected chi connectivity index (χ4v) is 1.10. The van der Waals surface area contributed by atoms with E-state index in [1.807, 2.05) is 6.07 Å². The molecule has 1 aromatic carbocycles. The Morgan fingerprint density at radius 3 is 2.44 bits per heavy atom. The van der Waals surface area contributed by atoms with Gasteiger partial charge in [-0.2, -0.15) is 5.26 Å². The second kappa shape index (κ2) is 4.86. The normalized spacial score (nSPS) is 10.7. The molecule has 86 valence electrons. The number of methoxy groups -OCH3 is 1. The first-order valence-corrected chi connectivity index (χ1v) is 4.89. The second-order valence-electron chi connectivity index (χ2n) is 4.11. The van der Waals surface area contributed by atoms with E-state index >= 15 is 0 Å². The average molecular weight is 221 g/mol. The maximum absolute atomic E-state index is 9.51. The lowest BCUT2D eigenvalue weighted by Crippen LogP contribution is -2.27. The number of nitrogens with zero attached hydrogens (tertiary/aromatic N) is 1. The third-order valence-corrected chi connectivity index (χ3v) is 1.84. The third kappa shape index (κ3) is 3.79. The molecule has 0 radical (unpaired) electrons. The summed E-state index contributed by atoms with van der Waals surface area (Å²) in [5.41, 5.74) is -0.444. The van der Waals surface area contributed by atoms with E-state index in [0.29, 0.717) is 17.1 Å². The minimum Gasteiger partial charge on any atom is -0.497 e. The highest BCUT2D eigenvalue weighted by atomic mass is 16.5. The molecule has 0 aliphatic carbocycles. The van der Waals surface area contributed by atoms with Crippen molar-refractivity contribution in [3.05, 3.63) is 23.8 Å². The summed E-state index contributed by atoms with van der Waals surface area (Å²) in [5, 5.41) is 18.3. The van der Waals surface area contributed by atoms with Gasteiger partial charge in [0.1, 0.15) is 18.1 Å². The fraction of sp³-hybridized carbons (Fsp3) is 0.417. The van der Waals surface area contributed by atoms with Gasteiger partial charge in [0.05, 0.1) is 24.3 Å². The first-order chi connectivity index (χ1) is 7.44. The van der Waals surface area contributed by atoms with Gasteiger partial charge < -0.3 is 14.6 Å². The Kier molecular flexibility index (Phi) is 3.75. The molecular formula is C12H15NO3. The molecule has 0 aromatic heterocycles. The monoisotopic (exact) mass is 221 g/mol. The van der Waals surface area contributed by atoms with Crippen LogP contribution in [0.3, 0.4) is 0 Å². The van der Waals surface area contributed by atoms with Gasteiger partial charge in [0, 0.05) is 6.07 Å². The van der Waals surface area contributed by atoms with Gasteiger partial charge in [-0.3, -0.25) is 0 Å². The third-order valence-electron chi connectivity index (χ3n) is 1.84. The molecule has 1 rings (SSSR count). The highest BCUT2D eigenvalue weighted by molar-refractivity contribution is 5.43. The Balaban J connectivity index is 2.84. The standard InChI is InChI=1S/C12H15NO3/c1-12(2,14)8-16-11-5-9(7-13)4-10(6-11)15-3/h4-6,14H,8H2,1-3H3. The SMILES string of the molecule is COc1cc(C#N)cc(OCC(C)(C)O)c1. The molecule has 0 fully saturated rings. The van der Waals surface area contributed by atoms with Gasteiger partial charge >= 0.3 is 0 Å². The predicted octanol–water partition coefficient (Wildman–Crippen LogP) is 1.72. The van der Waals surface area contributed by atoms with E-state index in [1.165, 1.54) is 7.11 Å². The van der Waals surface area contributed by atoms with Gasteiger partial charge in [-0.05, 0) is 26.0 Å². The number of nitriles is 1. The van der Waals surface area contributed by atoms with Gasteiger partial charge in [-0.1, -0.05) is 0 Å². The molecule has 4 nitrogen and oxygen atoms in total. The molecular weight excluding hydrogens is 206 g/mol. The first kappa shape index (κ1) is 12.3. The molecule has 0 saturated carbocycles. The minimum absolute atomic E-state index is 0.158.